The highest BCUT2D eigenvalue weighted by atomic mass is 19.1. The van der Waals surface area contributed by atoms with Crippen LogP contribution in [0.4, 0.5) is 4.39 Å². The third kappa shape index (κ3) is 2.78. The molecule has 0 spiro atoms. The van der Waals surface area contributed by atoms with E-state index < -0.39 is 0 Å². The maximum Gasteiger partial charge on any atom is 0.123 e. The van der Waals surface area contributed by atoms with Crippen LogP contribution in [-0.2, 0) is 11.3 Å². The Bertz CT molecular complexity index is 342. The van der Waals surface area contributed by atoms with Gasteiger partial charge in [0.1, 0.15) is 5.82 Å². The summed E-state index contributed by atoms with van der Waals surface area (Å²) in [6.07, 6.45) is 0. The molecule has 1 aromatic carbocycles. The lowest BCUT2D eigenvalue weighted by Crippen LogP contribution is -2.50. The molecule has 0 unspecified atom stereocenters. The van der Waals surface area contributed by atoms with Crippen LogP contribution >= 0.6 is 0 Å². The van der Waals surface area contributed by atoms with Crippen molar-refractivity contribution in [3.8, 4) is 0 Å². The van der Waals surface area contributed by atoms with Crippen molar-refractivity contribution in [3.63, 3.8) is 0 Å². The van der Waals surface area contributed by atoms with Gasteiger partial charge < -0.3 is 10.5 Å². The molecule has 0 saturated carbocycles. The van der Waals surface area contributed by atoms with Gasteiger partial charge in [-0.05, 0) is 17.7 Å². The van der Waals surface area contributed by atoms with Gasteiger partial charge in [0.25, 0.3) is 0 Å². The predicted octanol–water partition coefficient (Wildman–Crippen LogP) is 0.985. The van der Waals surface area contributed by atoms with Gasteiger partial charge in [0.15, 0.2) is 0 Å². The van der Waals surface area contributed by atoms with E-state index in [0.717, 1.165) is 31.9 Å². The number of halogens is 1. The zero-order valence-electron chi connectivity index (χ0n) is 9.23. The van der Waals surface area contributed by atoms with Gasteiger partial charge in [-0.1, -0.05) is 12.1 Å². The van der Waals surface area contributed by atoms with Crippen LogP contribution in [0, 0.1) is 5.82 Å². The van der Waals surface area contributed by atoms with Crippen molar-refractivity contribution in [2.75, 3.05) is 26.3 Å². The summed E-state index contributed by atoms with van der Waals surface area (Å²) < 4.78 is 18.2. The van der Waals surface area contributed by atoms with Crippen LogP contribution < -0.4 is 5.73 Å². The molecule has 3 nitrogen and oxygen atoms in total. The lowest BCUT2D eigenvalue weighted by Gasteiger charge is -2.37. The first-order chi connectivity index (χ1) is 7.79. The van der Waals surface area contributed by atoms with Gasteiger partial charge in [0, 0.05) is 19.6 Å². The van der Waals surface area contributed by atoms with Crippen LogP contribution in [0.1, 0.15) is 5.56 Å². The maximum absolute atomic E-state index is 13.0. The molecule has 1 fully saturated rings. The Morgan fingerprint density at radius 2 is 2.25 bits per heavy atom. The molecule has 1 aliphatic heterocycles. The van der Waals surface area contributed by atoms with Crippen molar-refractivity contribution in [2.45, 2.75) is 12.6 Å². The standard InChI is InChI=1S/C12H17FN2O/c13-11-3-1-2-10(6-11)7-15(5-4-14)12-8-16-9-12/h1-3,6,12H,4-5,7-9,14H2. The van der Waals surface area contributed by atoms with E-state index in [0.29, 0.717) is 12.6 Å². The summed E-state index contributed by atoms with van der Waals surface area (Å²) in [5.41, 5.74) is 6.56. The van der Waals surface area contributed by atoms with Gasteiger partial charge in [-0.15, -0.1) is 0 Å². The quantitative estimate of drug-likeness (QED) is 0.810. The number of benzene rings is 1. The van der Waals surface area contributed by atoms with E-state index in [1.165, 1.54) is 6.07 Å². The normalized spacial score (nSPS) is 16.4. The Balaban J connectivity index is 1.98. The number of hydrogen-bond acceptors (Lipinski definition) is 3. The highest BCUT2D eigenvalue weighted by Crippen LogP contribution is 2.14. The SMILES string of the molecule is NCCN(Cc1cccc(F)c1)C1COC1. The largest absolute Gasteiger partial charge is 0.378 e. The summed E-state index contributed by atoms with van der Waals surface area (Å²) >= 11 is 0. The molecule has 1 saturated heterocycles. The van der Waals surface area contributed by atoms with Crippen LogP contribution in [0.25, 0.3) is 0 Å². The van der Waals surface area contributed by atoms with E-state index in [9.17, 15) is 4.39 Å². The number of hydrogen-bond donors (Lipinski definition) is 1. The van der Waals surface area contributed by atoms with Gasteiger partial charge in [-0.3, -0.25) is 4.90 Å². The zero-order valence-corrected chi connectivity index (χ0v) is 9.23. The fourth-order valence-electron chi connectivity index (χ4n) is 1.86. The first-order valence-corrected chi connectivity index (χ1v) is 5.56. The molecule has 2 rings (SSSR count). The van der Waals surface area contributed by atoms with Crippen LogP contribution in [-0.4, -0.2) is 37.2 Å². The molecular weight excluding hydrogens is 207 g/mol. The second-order valence-electron chi connectivity index (χ2n) is 4.08. The van der Waals surface area contributed by atoms with Gasteiger partial charge in [0.2, 0.25) is 0 Å². The van der Waals surface area contributed by atoms with E-state index in [4.69, 9.17) is 10.5 Å². The highest BCUT2D eigenvalue weighted by molar-refractivity contribution is 5.16. The molecule has 1 aliphatic rings. The summed E-state index contributed by atoms with van der Waals surface area (Å²) in [7, 11) is 0. The van der Waals surface area contributed by atoms with Crippen molar-refractivity contribution in [2.24, 2.45) is 5.73 Å². The first kappa shape index (κ1) is 11.5. The molecule has 16 heavy (non-hydrogen) atoms. The molecule has 0 bridgehead atoms. The minimum absolute atomic E-state index is 0.185. The second kappa shape index (κ2) is 5.39. The van der Waals surface area contributed by atoms with Crippen LogP contribution in [0.15, 0.2) is 24.3 Å². The summed E-state index contributed by atoms with van der Waals surface area (Å²) in [6.45, 7) is 3.70. The summed E-state index contributed by atoms with van der Waals surface area (Å²) in [5.74, 6) is -0.185. The Morgan fingerprint density at radius 1 is 1.44 bits per heavy atom. The van der Waals surface area contributed by atoms with Crippen LogP contribution in [0.3, 0.4) is 0 Å². The van der Waals surface area contributed by atoms with E-state index in [1.54, 1.807) is 12.1 Å². The van der Waals surface area contributed by atoms with Crippen molar-refractivity contribution in [3.05, 3.63) is 35.6 Å². The average molecular weight is 224 g/mol. The average Bonchev–Trinajstić information content (AvgIpc) is 2.15. The van der Waals surface area contributed by atoms with Crippen molar-refractivity contribution in [1.82, 2.24) is 4.90 Å². The molecule has 1 heterocycles. The number of nitrogens with two attached hydrogens (primary N) is 1. The Labute approximate surface area is 95.0 Å². The van der Waals surface area contributed by atoms with Crippen molar-refractivity contribution in [1.29, 1.82) is 0 Å². The smallest absolute Gasteiger partial charge is 0.123 e. The van der Waals surface area contributed by atoms with Gasteiger partial charge >= 0.3 is 0 Å². The molecular formula is C12H17FN2O. The van der Waals surface area contributed by atoms with Gasteiger partial charge in [-0.25, -0.2) is 4.39 Å². The summed E-state index contributed by atoms with van der Waals surface area (Å²) in [6, 6.07) is 7.15. The molecule has 0 amide bonds. The molecule has 2 N–H and O–H groups in total. The van der Waals surface area contributed by atoms with E-state index >= 15 is 0 Å². The third-order valence-electron chi connectivity index (χ3n) is 2.83. The number of rotatable bonds is 5. The molecule has 88 valence electrons. The van der Waals surface area contributed by atoms with E-state index in [2.05, 4.69) is 4.90 Å². The summed E-state index contributed by atoms with van der Waals surface area (Å²) in [5, 5.41) is 0. The molecule has 1 aromatic rings. The molecule has 0 atom stereocenters. The van der Waals surface area contributed by atoms with Gasteiger partial charge in [-0.2, -0.15) is 0 Å². The van der Waals surface area contributed by atoms with E-state index in [1.807, 2.05) is 6.07 Å². The number of nitrogens with zero attached hydrogens (tertiary/aromatic N) is 1. The van der Waals surface area contributed by atoms with E-state index in [-0.39, 0.29) is 5.82 Å². The lowest BCUT2D eigenvalue weighted by atomic mass is 10.1. The van der Waals surface area contributed by atoms with Crippen molar-refractivity contribution < 1.29 is 9.13 Å². The van der Waals surface area contributed by atoms with Crippen LogP contribution in [0.2, 0.25) is 0 Å². The molecule has 0 aliphatic carbocycles. The highest BCUT2D eigenvalue weighted by Gasteiger charge is 2.25. The maximum atomic E-state index is 13.0. The minimum Gasteiger partial charge on any atom is -0.378 e. The van der Waals surface area contributed by atoms with Gasteiger partial charge in [0.05, 0.1) is 19.3 Å². The Hall–Kier alpha value is -0.970. The topological polar surface area (TPSA) is 38.5 Å². The molecule has 0 aromatic heterocycles. The van der Waals surface area contributed by atoms with Crippen molar-refractivity contribution >= 4 is 0 Å². The fourth-order valence-corrected chi connectivity index (χ4v) is 1.86. The monoisotopic (exact) mass is 224 g/mol. The summed E-state index contributed by atoms with van der Waals surface area (Å²) in [4.78, 5) is 2.25. The molecule has 0 radical (unpaired) electrons. The first-order valence-electron chi connectivity index (χ1n) is 5.56. The third-order valence-corrected chi connectivity index (χ3v) is 2.83. The zero-order chi connectivity index (χ0) is 11.4. The predicted molar refractivity (Wildman–Crippen MR) is 60.5 cm³/mol. The van der Waals surface area contributed by atoms with Crippen LogP contribution in [0.5, 0.6) is 0 Å². The lowest BCUT2D eigenvalue weighted by molar-refractivity contribution is -0.0669. The Morgan fingerprint density at radius 3 is 2.81 bits per heavy atom. The Kier molecular flexibility index (Phi) is 3.88. The molecule has 4 heteroatoms. The fraction of sp³-hybridized carbons (Fsp3) is 0.500. The second-order valence-corrected chi connectivity index (χ2v) is 4.08. The minimum atomic E-state index is -0.185. The number of ether oxygens (including phenoxy) is 1.